The van der Waals surface area contributed by atoms with Crippen molar-refractivity contribution in [3.8, 4) is 5.75 Å². The molecule has 0 radical (unpaired) electrons. The first-order valence-electron chi connectivity index (χ1n) is 8.52. The topological polar surface area (TPSA) is 75.7 Å². The number of hydrogen-bond acceptors (Lipinski definition) is 4. The minimum absolute atomic E-state index is 0.120. The highest BCUT2D eigenvalue weighted by Gasteiger charge is 2.19. The third-order valence-electron chi connectivity index (χ3n) is 3.74. The van der Waals surface area contributed by atoms with E-state index in [0.717, 1.165) is 17.0 Å². The Bertz CT molecular complexity index is 870. The SMILES string of the molecule is CCCNC(=O)COc1ccc(N(Cc2ccccc2F)S(C)(=O)=O)cc1. The molecule has 0 aliphatic heterocycles. The molecule has 1 amide bonds. The van der Waals surface area contributed by atoms with Crippen molar-refractivity contribution >= 4 is 21.6 Å². The molecule has 0 heterocycles. The van der Waals surface area contributed by atoms with Crippen LogP contribution in [0.2, 0.25) is 0 Å². The molecule has 0 bridgehead atoms. The lowest BCUT2D eigenvalue weighted by Gasteiger charge is -2.23. The van der Waals surface area contributed by atoms with Gasteiger partial charge in [-0.05, 0) is 36.8 Å². The van der Waals surface area contributed by atoms with Crippen molar-refractivity contribution in [2.75, 3.05) is 23.7 Å². The van der Waals surface area contributed by atoms with Crippen LogP contribution in [0.4, 0.5) is 10.1 Å². The van der Waals surface area contributed by atoms with Gasteiger partial charge in [-0.3, -0.25) is 9.10 Å². The number of sulfonamides is 1. The molecule has 0 atom stereocenters. The molecule has 146 valence electrons. The van der Waals surface area contributed by atoms with Gasteiger partial charge in [-0.25, -0.2) is 12.8 Å². The average Bonchev–Trinajstić information content (AvgIpc) is 2.63. The van der Waals surface area contributed by atoms with Crippen LogP contribution in [0.1, 0.15) is 18.9 Å². The second kappa shape index (κ2) is 9.36. The Kier molecular flexibility index (Phi) is 7.18. The maximum atomic E-state index is 13.9. The van der Waals surface area contributed by atoms with E-state index in [1.165, 1.54) is 6.07 Å². The van der Waals surface area contributed by atoms with Crippen LogP contribution in [0.25, 0.3) is 0 Å². The quantitative estimate of drug-likeness (QED) is 0.710. The predicted molar refractivity (Wildman–Crippen MR) is 103 cm³/mol. The van der Waals surface area contributed by atoms with Crippen molar-refractivity contribution in [3.05, 3.63) is 59.9 Å². The molecular formula is C19H23FN2O4S. The summed E-state index contributed by atoms with van der Waals surface area (Å²) in [6, 6.07) is 12.3. The van der Waals surface area contributed by atoms with Crippen LogP contribution in [0.15, 0.2) is 48.5 Å². The van der Waals surface area contributed by atoms with Gasteiger partial charge in [0, 0.05) is 12.1 Å². The molecule has 0 saturated carbocycles. The van der Waals surface area contributed by atoms with E-state index in [1.807, 2.05) is 6.92 Å². The highest BCUT2D eigenvalue weighted by atomic mass is 32.2. The Balaban J connectivity index is 2.11. The van der Waals surface area contributed by atoms with Crippen LogP contribution < -0.4 is 14.4 Å². The normalized spacial score (nSPS) is 11.1. The van der Waals surface area contributed by atoms with Crippen molar-refractivity contribution in [1.29, 1.82) is 0 Å². The maximum absolute atomic E-state index is 13.9. The molecule has 2 aromatic carbocycles. The summed E-state index contributed by atoms with van der Waals surface area (Å²) >= 11 is 0. The summed E-state index contributed by atoms with van der Waals surface area (Å²) in [4.78, 5) is 11.6. The summed E-state index contributed by atoms with van der Waals surface area (Å²) in [5.74, 6) is -0.257. The smallest absolute Gasteiger partial charge is 0.257 e. The molecule has 0 aromatic heterocycles. The third kappa shape index (κ3) is 6.25. The van der Waals surface area contributed by atoms with Gasteiger partial charge in [-0.15, -0.1) is 0 Å². The van der Waals surface area contributed by atoms with E-state index in [1.54, 1.807) is 42.5 Å². The first kappa shape index (κ1) is 20.7. The van der Waals surface area contributed by atoms with Gasteiger partial charge in [0.2, 0.25) is 10.0 Å². The van der Waals surface area contributed by atoms with Gasteiger partial charge in [-0.2, -0.15) is 0 Å². The molecule has 0 unspecified atom stereocenters. The number of anilines is 1. The fourth-order valence-corrected chi connectivity index (χ4v) is 3.23. The number of rotatable bonds is 9. The fraction of sp³-hybridized carbons (Fsp3) is 0.316. The van der Waals surface area contributed by atoms with Crippen molar-refractivity contribution < 1.29 is 22.3 Å². The van der Waals surface area contributed by atoms with Gasteiger partial charge in [-0.1, -0.05) is 25.1 Å². The molecule has 6 nitrogen and oxygen atoms in total. The Labute approximate surface area is 159 Å². The number of nitrogens with zero attached hydrogens (tertiary/aromatic N) is 1. The van der Waals surface area contributed by atoms with Gasteiger partial charge in [0.15, 0.2) is 6.61 Å². The summed E-state index contributed by atoms with van der Waals surface area (Å²) in [5, 5.41) is 2.70. The molecule has 0 saturated heterocycles. The summed E-state index contributed by atoms with van der Waals surface area (Å²) in [6.07, 6.45) is 1.90. The zero-order chi connectivity index (χ0) is 19.9. The standard InChI is InChI=1S/C19H23FN2O4S/c1-3-12-21-19(23)14-26-17-10-8-16(9-11-17)22(27(2,24)25)13-15-6-4-5-7-18(15)20/h4-11H,3,12-14H2,1-2H3,(H,21,23). The second-order valence-electron chi connectivity index (χ2n) is 5.99. The minimum atomic E-state index is -3.62. The van der Waals surface area contributed by atoms with Crippen LogP contribution in [-0.2, 0) is 21.4 Å². The lowest BCUT2D eigenvalue weighted by atomic mass is 10.2. The Morgan fingerprint density at radius 1 is 1.15 bits per heavy atom. The van der Waals surface area contributed by atoms with Crippen LogP contribution >= 0.6 is 0 Å². The Morgan fingerprint density at radius 3 is 2.41 bits per heavy atom. The lowest BCUT2D eigenvalue weighted by molar-refractivity contribution is -0.123. The van der Waals surface area contributed by atoms with E-state index in [4.69, 9.17) is 4.74 Å². The number of carbonyl (C=O) groups excluding carboxylic acids is 1. The molecule has 2 rings (SSSR count). The first-order chi connectivity index (χ1) is 12.8. The maximum Gasteiger partial charge on any atom is 0.257 e. The van der Waals surface area contributed by atoms with Crippen molar-refractivity contribution in [1.82, 2.24) is 5.32 Å². The van der Waals surface area contributed by atoms with Gasteiger partial charge in [0.1, 0.15) is 11.6 Å². The predicted octanol–water partition coefficient (Wildman–Crippen LogP) is 2.70. The van der Waals surface area contributed by atoms with E-state index < -0.39 is 15.8 Å². The van der Waals surface area contributed by atoms with E-state index in [0.29, 0.717) is 18.0 Å². The number of benzene rings is 2. The molecule has 27 heavy (non-hydrogen) atoms. The monoisotopic (exact) mass is 394 g/mol. The molecule has 0 aliphatic carbocycles. The van der Waals surface area contributed by atoms with E-state index in [2.05, 4.69) is 5.32 Å². The molecule has 2 aromatic rings. The summed E-state index contributed by atoms with van der Waals surface area (Å²) in [5.41, 5.74) is 0.652. The summed E-state index contributed by atoms with van der Waals surface area (Å²) < 4.78 is 44.7. The van der Waals surface area contributed by atoms with E-state index >= 15 is 0 Å². The van der Waals surface area contributed by atoms with Crippen LogP contribution in [-0.4, -0.2) is 33.7 Å². The van der Waals surface area contributed by atoms with Gasteiger partial charge in [0.05, 0.1) is 18.5 Å². The number of ether oxygens (including phenoxy) is 1. The van der Waals surface area contributed by atoms with Gasteiger partial charge in [0.25, 0.3) is 5.91 Å². The van der Waals surface area contributed by atoms with Crippen molar-refractivity contribution in [2.24, 2.45) is 0 Å². The van der Waals surface area contributed by atoms with Crippen LogP contribution in [0.3, 0.4) is 0 Å². The second-order valence-corrected chi connectivity index (χ2v) is 7.90. The van der Waals surface area contributed by atoms with Crippen LogP contribution in [0.5, 0.6) is 5.75 Å². The molecule has 0 spiro atoms. The molecule has 8 heteroatoms. The summed E-state index contributed by atoms with van der Waals surface area (Å²) in [6.45, 7) is 2.30. The average molecular weight is 394 g/mol. The minimum Gasteiger partial charge on any atom is -0.484 e. The molecule has 0 fully saturated rings. The zero-order valence-corrected chi connectivity index (χ0v) is 16.1. The fourth-order valence-electron chi connectivity index (χ4n) is 2.35. The summed E-state index contributed by atoms with van der Waals surface area (Å²) in [7, 11) is -3.62. The van der Waals surface area contributed by atoms with Crippen molar-refractivity contribution in [3.63, 3.8) is 0 Å². The number of halogens is 1. The van der Waals surface area contributed by atoms with Crippen LogP contribution in [0, 0.1) is 5.82 Å². The molecule has 0 aliphatic rings. The zero-order valence-electron chi connectivity index (χ0n) is 15.3. The van der Waals surface area contributed by atoms with Crippen molar-refractivity contribution in [2.45, 2.75) is 19.9 Å². The number of nitrogens with one attached hydrogen (secondary N) is 1. The van der Waals surface area contributed by atoms with E-state index in [-0.39, 0.29) is 24.6 Å². The Hall–Kier alpha value is -2.61. The number of carbonyl (C=O) groups is 1. The van der Waals surface area contributed by atoms with Gasteiger partial charge >= 0.3 is 0 Å². The van der Waals surface area contributed by atoms with E-state index in [9.17, 15) is 17.6 Å². The lowest BCUT2D eigenvalue weighted by Crippen LogP contribution is -2.30. The molecule has 1 N–H and O–H groups in total. The van der Waals surface area contributed by atoms with Gasteiger partial charge < -0.3 is 10.1 Å². The number of hydrogen-bond donors (Lipinski definition) is 1. The third-order valence-corrected chi connectivity index (χ3v) is 4.88. The molecular weight excluding hydrogens is 371 g/mol. The number of amides is 1. The first-order valence-corrected chi connectivity index (χ1v) is 10.4. The highest BCUT2D eigenvalue weighted by Crippen LogP contribution is 2.24. The largest absolute Gasteiger partial charge is 0.484 e. The Morgan fingerprint density at radius 2 is 1.81 bits per heavy atom. The highest BCUT2D eigenvalue weighted by molar-refractivity contribution is 7.92.